The molecule has 1 amide bonds. The van der Waals surface area contributed by atoms with Crippen LogP contribution in [0.4, 0.5) is 0 Å². The Labute approximate surface area is 211 Å². The Morgan fingerprint density at radius 1 is 0.970 bits per heavy atom. The summed E-state index contributed by atoms with van der Waals surface area (Å²) in [5, 5.41) is 14.0. The molecule has 0 saturated heterocycles. The Morgan fingerprint density at radius 2 is 1.67 bits per heavy atom. The quantitative estimate of drug-likeness (QED) is 0.268. The molecule has 0 aliphatic carbocycles. The summed E-state index contributed by atoms with van der Waals surface area (Å²) in [4.78, 5) is 12.8. The molecule has 0 radical (unpaired) electrons. The summed E-state index contributed by atoms with van der Waals surface area (Å²) in [5.41, 5.74) is 2.34. The van der Waals surface area contributed by atoms with Crippen LogP contribution in [0.3, 0.4) is 0 Å². The largest absolute Gasteiger partial charge is 0.342 e. The van der Waals surface area contributed by atoms with Gasteiger partial charge in [0.1, 0.15) is 0 Å². The monoisotopic (exact) mass is 516 g/mol. The van der Waals surface area contributed by atoms with Crippen molar-refractivity contribution in [3.8, 4) is 5.69 Å². The third kappa shape index (κ3) is 5.71. The van der Waals surface area contributed by atoms with E-state index in [1.807, 2.05) is 35.8 Å². The molecule has 1 unspecified atom stereocenters. The third-order valence-corrected chi connectivity index (χ3v) is 6.65. The second-order valence-electron chi connectivity index (χ2n) is 7.25. The fourth-order valence-corrected chi connectivity index (χ4v) is 4.74. The first-order valence-electron chi connectivity index (χ1n) is 10.1. The van der Waals surface area contributed by atoms with Gasteiger partial charge in [-0.3, -0.25) is 9.36 Å². The minimum absolute atomic E-state index is 0.241. The van der Waals surface area contributed by atoms with Crippen molar-refractivity contribution in [2.45, 2.75) is 23.9 Å². The Balaban J connectivity index is 1.65. The first-order chi connectivity index (χ1) is 15.9. The number of hydrogen-bond donors (Lipinski definition) is 1. The van der Waals surface area contributed by atoms with Crippen LogP contribution < -0.4 is 5.32 Å². The number of thioether (sulfide) groups is 1. The lowest BCUT2D eigenvalue weighted by Gasteiger charge is -2.17. The first kappa shape index (κ1) is 23.6. The average molecular weight is 518 g/mol. The summed E-state index contributed by atoms with van der Waals surface area (Å²) in [7, 11) is 0. The predicted molar refractivity (Wildman–Crippen MR) is 135 cm³/mol. The van der Waals surface area contributed by atoms with Gasteiger partial charge in [-0.1, -0.05) is 76.9 Å². The first-order valence-corrected chi connectivity index (χ1v) is 12.2. The molecule has 0 spiro atoms. The van der Waals surface area contributed by atoms with E-state index in [0.717, 1.165) is 5.56 Å². The molecule has 1 atom stereocenters. The molecular weight excluding hydrogens is 499 g/mol. The number of hydrogen-bond acceptors (Lipinski definition) is 4. The molecule has 4 aromatic rings. The molecule has 0 saturated carbocycles. The van der Waals surface area contributed by atoms with Crippen molar-refractivity contribution in [2.75, 3.05) is 0 Å². The van der Waals surface area contributed by atoms with E-state index in [2.05, 4.69) is 27.6 Å². The standard InChI is InChI=1S/C24H19Cl3N4OS/c1-15(28-23(32)17-7-9-18(25)10-8-17)22-29-30-24(33-14-16-5-3-2-4-6-16)31(22)21-12-11-19(26)13-20(21)27/h2-13,15H,14H2,1H3,(H,28,32). The topological polar surface area (TPSA) is 59.8 Å². The second kappa shape index (κ2) is 10.6. The molecule has 0 bridgehead atoms. The van der Waals surface area contributed by atoms with Gasteiger partial charge in [-0.15, -0.1) is 10.2 Å². The maximum Gasteiger partial charge on any atom is 0.251 e. The summed E-state index contributed by atoms with van der Waals surface area (Å²) >= 11 is 20.1. The van der Waals surface area contributed by atoms with Crippen molar-refractivity contribution in [1.82, 2.24) is 20.1 Å². The molecule has 168 valence electrons. The summed E-state index contributed by atoms with van der Waals surface area (Å²) in [5.74, 6) is 1.02. The van der Waals surface area contributed by atoms with Crippen LogP contribution >= 0.6 is 46.6 Å². The van der Waals surface area contributed by atoms with Crippen molar-refractivity contribution in [3.05, 3.63) is 105 Å². The van der Waals surface area contributed by atoms with E-state index in [1.54, 1.807) is 36.4 Å². The van der Waals surface area contributed by atoms with Crippen molar-refractivity contribution in [3.63, 3.8) is 0 Å². The van der Waals surface area contributed by atoms with E-state index in [4.69, 9.17) is 34.8 Å². The molecule has 9 heteroatoms. The lowest BCUT2D eigenvalue weighted by atomic mass is 10.2. The van der Waals surface area contributed by atoms with Crippen LogP contribution in [-0.2, 0) is 5.75 Å². The molecule has 1 N–H and O–H groups in total. The Hall–Kier alpha value is -2.51. The molecule has 4 rings (SSSR count). The van der Waals surface area contributed by atoms with Crippen molar-refractivity contribution >= 4 is 52.5 Å². The molecular formula is C24H19Cl3N4OS. The van der Waals surface area contributed by atoms with Gasteiger partial charge in [0.25, 0.3) is 5.91 Å². The maximum atomic E-state index is 12.8. The summed E-state index contributed by atoms with van der Waals surface area (Å²) < 4.78 is 1.86. The van der Waals surface area contributed by atoms with E-state index in [9.17, 15) is 4.79 Å². The molecule has 5 nitrogen and oxygen atoms in total. The van der Waals surface area contributed by atoms with Gasteiger partial charge in [0.15, 0.2) is 11.0 Å². The van der Waals surface area contributed by atoms with Gasteiger partial charge in [-0.2, -0.15) is 0 Å². The zero-order valence-electron chi connectivity index (χ0n) is 17.5. The van der Waals surface area contributed by atoms with E-state index in [1.165, 1.54) is 11.8 Å². The maximum absolute atomic E-state index is 12.8. The molecule has 1 aromatic heterocycles. The highest BCUT2D eigenvalue weighted by Gasteiger charge is 2.23. The Kier molecular flexibility index (Phi) is 7.60. The van der Waals surface area contributed by atoms with E-state index < -0.39 is 6.04 Å². The van der Waals surface area contributed by atoms with Crippen molar-refractivity contribution < 1.29 is 4.79 Å². The number of amides is 1. The summed E-state index contributed by atoms with van der Waals surface area (Å²) in [6.45, 7) is 1.85. The van der Waals surface area contributed by atoms with Crippen LogP contribution in [0.1, 0.15) is 34.7 Å². The molecule has 0 aliphatic rings. The fraction of sp³-hybridized carbons (Fsp3) is 0.125. The lowest BCUT2D eigenvalue weighted by molar-refractivity contribution is 0.0938. The lowest BCUT2D eigenvalue weighted by Crippen LogP contribution is -2.28. The van der Waals surface area contributed by atoms with Gasteiger partial charge in [0, 0.05) is 21.4 Å². The highest BCUT2D eigenvalue weighted by atomic mass is 35.5. The van der Waals surface area contributed by atoms with Crippen molar-refractivity contribution in [2.24, 2.45) is 0 Å². The predicted octanol–water partition coefficient (Wildman–Crippen LogP) is 7.01. The Bertz CT molecular complexity index is 1260. The van der Waals surface area contributed by atoms with Gasteiger partial charge >= 0.3 is 0 Å². The van der Waals surface area contributed by atoms with Crippen LogP contribution in [0.5, 0.6) is 0 Å². The van der Waals surface area contributed by atoms with E-state index >= 15 is 0 Å². The number of carbonyl (C=O) groups is 1. The van der Waals surface area contributed by atoms with Gasteiger partial charge in [0.2, 0.25) is 0 Å². The fourth-order valence-electron chi connectivity index (χ4n) is 3.21. The van der Waals surface area contributed by atoms with Crippen LogP contribution in [0, 0.1) is 0 Å². The SMILES string of the molecule is CC(NC(=O)c1ccc(Cl)cc1)c1nnc(SCc2ccccc2)n1-c1ccc(Cl)cc1Cl. The minimum atomic E-state index is -0.446. The van der Waals surface area contributed by atoms with Gasteiger partial charge < -0.3 is 5.32 Å². The highest BCUT2D eigenvalue weighted by molar-refractivity contribution is 7.98. The van der Waals surface area contributed by atoms with Gasteiger partial charge in [-0.05, 0) is 55.0 Å². The number of aromatic nitrogens is 3. The van der Waals surface area contributed by atoms with Crippen LogP contribution in [0.2, 0.25) is 15.1 Å². The van der Waals surface area contributed by atoms with Crippen LogP contribution in [0.25, 0.3) is 5.69 Å². The van der Waals surface area contributed by atoms with Crippen LogP contribution in [0.15, 0.2) is 78.0 Å². The second-order valence-corrected chi connectivity index (χ2v) is 9.47. The molecule has 3 aromatic carbocycles. The number of nitrogens with zero attached hydrogens (tertiary/aromatic N) is 3. The summed E-state index contributed by atoms with van der Waals surface area (Å²) in [6.07, 6.45) is 0. The minimum Gasteiger partial charge on any atom is -0.342 e. The number of carbonyl (C=O) groups excluding carboxylic acids is 1. The molecule has 0 fully saturated rings. The number of halogens is 3. The van der Waals surface area contributed by atoms with Crippen LogP contribution in [-0.4, -0.2) is 20.7 Å². The smallest absolute Gasteiger partial charge is 0.251 e. The van der Waals surface area contributed by atoms with E-state index in [-0.39, 0.29) is 5.91 Å². The summed E-state index contributed by atoms with van der Waals surface area (Å²) in [6, 6.07) is 21.6. The Morgan fingerprint density at radius 3 is 2.36 bits per heavy atom. The van der Waals surface area contributed by atoms with Crippen molar-refractivity contribution in [1.29, 1.82) is 0 Å². The van der Waals surface area contributed by atoms with E-state index in [0.29, 0.717) is 43.1 Å². The number of benzene rings is 3. The normalized spacial score (nSPS) is 11.9. The number of rotatable bonds is 7. The highest BCUT2D eigenvalue weighted by Crippen LogP contribution is 2.32. The molecule has 33 heavy (non-hydrogen) atoms. The zero-order chi connectivity index (χ0) is 23.4. The van der Waals surface area contributed by atoms with Gasteiger partial charge in [-0.25, -0.2) is 0 Å². The third-order valence-electron chi connectivity index (χ3n) is 4.86. The average Bonchev–Trinajstić information content (AvgIpc) is 3.22. The number of nitrogens with one attached hydrogen (secondary N) is 1. The van der Waals surface area contributed by atoms with Gasteiger partial charge in [0.05, 0.1) is 16.8 Å². The molecule has 1 heterocycles. The zero-order valence-corrected chi connectivity index (χ0v) is 20.6. The molecule has 0 aliphatic heterocycles.